The summed E-state index contributed by atoms with van der Waals surface area (Å²) < 4.78 is 1.51. The summed E-state index contributed by atoms with van der Waals surface area (Å²) in [5.74, 6) is -3.46. The molecule has 13 nitrogen and oxygen atoms in total. The van der Waals surface area contributed by atoms with Crippen LogP contribution < -0.4 is 32.4 Å². The molecule has 192 valence electrons. The van der Waals surface area contributed by atoms with Crippen molar-refractivity contribution >= 4 is 29.6 Å². The summed E-state index contributed by atoms with van der Waals surface area (Å²) in [7, 11) is 0. The molecular formula is C23H32N8O5+2. The fourth-order valence-electron chi connectivity index (χ4n) is 5.97. The molecule has 4 atom stereocenters. The van der Waals surface area contributed by atoms with Gasteiger partial charge in [0.05, 0.1) is 13.1 Å². The highest BCUT2D eigenvalue weighted by Crippen LogP contribution is 2.38. The first-order valence-corrected chi connectivity index (χ1v) is 12.0. The zero-order chi connectivity index (χ0) is 26.0. The Labute approximate surface area is 207 Å². The van der Waals surface area contributed by atoms with Gasteiger partial charge in [-0.15, -0.1) is 0 Å². The van der Waals surface area contributed by atoms with E-state index in [1.807, 2.05) is 19.9 Å². The number of nitrogens with zero attached hydrogens (tertiary/aromatic N) is 2. The lowest BCUT2D eigenvalue weighted by Gasteiger charge is -2.41. The maximum Gasteiger partial charge on any atom is 0.347 e. The molecule has 4 aliphatic rings. The molecule has 10 N–H and O–H groups in total. The second kappa shape index (κ2) is 8.17. The average molecular weight is 501 g/mol. The normalized spacial score (nSPS) is 30.5. The molecular weight excluding hydrogens is 468 g/mol. The van der Waals surface area contributed by atoms with Gasteiger partial charge in [0.1, 0.15) is 12.1 Å². The maximum absolute atomic E-state index is 13.2. The second-order valence-corrected chi connectivity index (χ2v) is 9.77. The number of carbonyl (C=O) groups excluding carboxylic acids is 3. The molecule has 36 heavy (non-hydrogen) atoms. The molecule has 5 rings (SSSR count). The molecule has 0 bridgehead atoms. The van der Waals surface area contributed by atoms with Crippen molar-refractivity contribution in [3.05, 3.63) is 34.9 Å². The molecule has 0 aromatic heterocycles. The second-order valence-electron chi connectivity index (χ2n) is 9.77. The van der Waals surface area contributed by atoms with Gasteiger partial charge in [0.25, 0.3) is 17.4 Å². The number of aryl methyl sites for hydroxylation is 1. The van der Waals surface area contributed by atoms with E-state index in [9.17, 15) is 24.6 Å². The van der Waals surface area contributed by atoms with Crippen LogP contribution >= 0.6 is 0 Å². The van der Waals surface area contributed by atoms with Crippen LogP contribution in [0.5, 0.6) is 0 Å². The van der Waals surface area contributed by atoms with Gasteiger partial charge in [-0.05, 0) is 30.5 Å². The quantitative estimate of drug-likeness (QED) is 0.111. The first-order chi connectivity index (χ1) is 17.0. The van der Waals surface area contributed by atoms with E-state index in [4.69, 9.17) is 11.5 Å². The molecule has 1 aromatic rings. The van der Waals surface area contributed by atoms with Gasteiger partial charge in [-0.25, -0.2) is 9.89 Å². The highest BCUT2D eigenvalue weighted by molar-refractivity contribution is 6.02. The molecule has 0 aliphatic carbocycles. The van der Waals surface area contributed by atoms with Gasteiger partial charge < -0.3 is 15.5 Å². The number of aliphatic hydroxyl groups is 2. The summed E-state index contributed by atoms with van der Waals surface area (Å²) in [5, 5.41) is 31.9. The zero-order valence-electron chi connectivity index (χ0n) is 20.2. The third-order valence-electron chi connectivity index (χ3n) is 7.86. The largest absolute Gasteiger partial charge is 0.358 e. The van der Waals surface area contributed by atoms with Crippen molar-refractivity contribution in [2.45, 2.75) is 62.7 Å². The zero-order valence-corrected chi connectivity index (χ0v) is 20.2. The fourth-order valence-corrected chi connectivity index (χ4v) is 5.97. The summed E-state index contributed by atoms with van der Waals surface area (Å²) in [6.07, 6.45) is 1.01. The van der Waals surface area contributed by atoms with Crippen LogP contribution in [0.4, 0.5) is 0 Å². The Morgan fingerprint density at radius 2 is 1.97 bits per heavy atom. The number of imide groups is 1. The summed E-state index contributed by atoms with van der Waals surface area (Å²) in [4.78, 5) is 41.9. The number of benzene rings is 1. The maximum atomic E-state index is 13.2. The lowest BCUT2D eigenvalue weighted by molar-refractivity contribution is -0.674. The van der Waals surface area contributed by atoms with Gasteiger partial charge in [-0.2, -0.15) is 0 Å². The molecule has 0 saturated carbocycles. The van der Waals surface area contributed by atoms with Crippen LogP contribution in [-0.4, -0.2) is 92.0 Å². The van der Waals surface area contributed by atoms with E-state index in [1.54, 1.807) is 12.1 Å². The smallest absolute Gasteiger partial charge is 0.347 e. The molecule has 0 radical (unpaired) electrons. The van der Waals surface area contributed by atoms with Gasteiger partial charge in [0.15, 0.2) is 6.04 Å². The number of nitrogens with one attached hydrogen (secondary N) is 4. The van der Waals surface area contributed by atoms with Gasteiger partial charge in [0.2, 0.25) is 11.8 Å². The summed E-state index contributed by atoms with van der Waals surface area (Å²) in [6, 6.07) is 2.74. The SMILES string of the molecule is CCc1cccc(C(=O)NC2C[N+]3=C(N)N[C@@H](CN4C(=O)CCC4=O)[C@@H]4[NH+]=C(N)N[C@@]43C2(O)O)c1C. The third-order valence-corrected chi connectivity index (χ3v) is 7.86. The van der Waals surface area contributed by atoms with E-state index in [0.717, 1.165) is 22.4 Å². The van der Waals surface area contributed by atoms with E-state index in [2.05, 4.69) is 20.9 Å². The van der Waals surface area contributed by atoms with Crippen molar-refractivity contribution in [1.29, 1.82) is 0 Å². The van der Waals surface area contributed by atoms with Crippen LogP contribution in [0.1, 0.15) is 41.3 Å². The number of hydrogen-bond acceptors (Lipinski definition) is 9. The van der Waals surface area contributed by atoms with E-state index in [1.165, 1.54) is 4.58 Å². The Hall–Kier alpha value is -3.71. The molecule has 1 unspecified atom stereocenters. The van der Waals surface area contributed by atoms with Crippen LogP contribution in [0.2, 0.25) is 0 Å². The minimum Gasteiger partial charge on any atom is -0.358 e. The molecule has 2 saturated heterocycles. The minimum absolute atomic E-state index is 0.0448. The minimum atomic E-state index is -2.55. The Balaban J connectivity index is 1.48. The summed E-state index contributed by atoms with van der Waals surface area (Å²) in [6.45, 7) is 3.76. The number of nitrogens with two attached hydrogens (primary N) is 2. The fraction of sp³-hybridized carbons (Fsp3) is 0.522. The van der Waals surface area contributed by atoms with Crippen molar-refractivity contribution in [1.82, 2.24) is 20.9 Å². The molecule has 3 amide bonds. The number of amides is 3. The molecule has 13 heteroatoms. The van der Waals surface area contributed by atoms with Crippen molar-refractivity contribution in [3.63, 3.8) is 0 Å². The summed E-state index contributed by atoms with van der Waals surface area (Å²) >= 11 is 0. The lowest BCUT2D eigenvalue weighted by Crippen LogP contribution is -2.92. The van der Waals surface area contributed by atoms with Crippen LogP contribution in [0.15, 0.2) is 18.2 Å². The van der Waals surface area contributed by atoms with E-state index in [0.29, 0.717) is 5.56 Å². The predicted octanol–water partition coefficient (Wildman–Crippen LogP) is -5.14. The van der Waals surface area contributed by atoms with Gasteiger partial charge in [-0.1, -0.05) is 19.1 Å². The van der Waals surface area contributed by atoms with Gasteiger partial charge >= 0.3 is 11.9 Å². The Morgan fingerprint density at radius 3 is 2.64 bits per heavy atom. The van der Waals surface area contributed by atoms with Crippen molar-refractivity contribution in [3.8, 4) is 0 Å². The van der Waals surface area contributed by atoms with Crippen molar-refractivity contribution < 1.29 is 34.2 Å². The third kappa shape index (κ3) is 3.26. The lowest BCUT2D eigenvalue weighted by atomic mass is 9.85. The van der Waals surface area contributed by atoms with E-state index in [-0.39, 0.29) is 49.7 Å². The molecule has 2 fully saturated rings. The van der Waals surface area contributed by atoms with E-state index < -0.39 is 35.5 Å². The predicted molar refractivity (Wildman–Crippen MR) is 126 cm³/mol. The first-order valence-electron chi connectivity index (χ1n) is 12.0. The Morgan fingerprint density at radius 1 is 1.28 bits per heavy atom. The first kappa shape index (κ1) is 24.0. The summed E-state index contributed by atoms with van der Waals surface area (Å²) in [5.41, 5.74) is 13.0. The number of carbonyl (C=O) groups is 3. The van der Waals surface area contributed by atoms with Gasteiger partial charge in [0, 0.05) is 18.4 Å². The van der Waals surface area contributed by atoms with Crippen molar-refractivity contribution in [2.24, 2.45) is 11.5 Å². The topological polar surface area (TPSA) is 200 Å². The highest BCUT2D eigenvalue weighted by Gasteiger charge is 2.78. The van der Waals surface area contributed by atoms with Crippen molar-refractivity contribution in [2.75, 3.05) is 13.1 Å². The van der Waals surface area contributed by atoms with Crippen LogP contribution in [0.25, 0.3) is 0 Å². The monoisotopic (exact) mass is 500 g/mol. The molecule has 4 aliphatic heterocycles. The standard InChI is InChI=1S/C23H30N8O5/c1-3-12-5-4-6-13(11(12)2)19(34)27-15-10-31-21(25)26-14(9-30-16(32)7-8-17(30)33)18-22(31,23(15,35)36)29-20(24)28-18/h4-6,14-15,18,35-36H,3,7-10H2,1-2H3,(H6,24,25,26,27,28,29,34)/p+2/t14-,15?,18-,22-/m0/s1. The number of likely N-dealkylation sites (tertiary alicyclic amines) is 1. The highest BCUT2D eigenvalue weighted by atomic mass is 16.5. The van der Waals surface area contributed by atoms with Crippen LogP contribution in [-0.2, 0) is 16.0 Å². The van der Waals surface area contributed by atoms with Crippen LogP contribution in [0, 0.1) is 6.92 Å². The number of hydrogen-bond donors (Lipinski definition) is 8. The Kier molecular flexibility index (Phi) is 5.45. The van der Waals surface area contributed by atoms with Crippen LogP contribution in [0.3, 0.4) is 0 Å². The average Bonchev–Trinajstić information content (AvgIpc) is 3.42. The molecule has 1 aromatic carbocycles. The van der Waals surface area contributed by atoms with Gasteiger partial charge in [-0.3, -0.25) is 41.1 Å². The van der Waals surface area contributed by atoms with E-state index >= 15 is 0 Å². The number of rotatable bonds is 5. The Bertz CT molecular complexity index is 1210. The molecule has 4 heterocycles. The number of guanidine groups is 2. The molecule has 1 spiro atoms.